The lowest BCUT2D eigenvalue weighted by molar-refractivity contribution is 0.0331. The topological polar surface area (TPSA) is 95.4 Å². The van der Waals surface area contributed by atoms with E-state index in [1.54, 1.807) is 13.0 Å². The van der Waals surface area contributed by atoms with E-state index >= 15 is 0 Å². The van der Waals surface area contributed by atoms with Crippen LogP contribution >= 0.6 is 0 Å². The van der Waals surface area contributed by atoms with E-state index in [1.807, 2.05) is 0 Å². The van der Waals surface area contributed by atoms with Crippen molar-refractivity contribution in [1.29, 1.82) is 0 Å². The standard InChI is InChI=1S/C15H11F2N7O/c1-9-12(22-25-21-9)8-24-13-11(20-23-24)7-18-14(19-13)15(16,17)10-5-3-2-4-6-10/h2-7H,8H2,1H3. The summed E-state index contributed by atoms with van der Waals surface area (Å²) in [5.41, 5.74) is 1.39. The fraction of sp³-hybridized carbons (Fsp3) is 0.200. The first-order chi connectivity index (χ1) is 12.1. The number of aryl methyl sites for hydroxylation is 1. The molecule has 0 saturated heterocycles. The predicted molar refractivity (Wildman–Crippen MR) is 80.7 cm³/mol. The predicted octanol–water partition coefficient (Wildman–Crippen LogP) is 2.10. The lowest BCUT2D eigenvalue weighted by Gasteiger charge is -2.14. The van der Waals surface area contributed by atoms with Crippen molar-refractivity contribution in [2.75, 3.05) is 0 Å². The zero-order chi connectivity index (χ0) is 17.4. The van der Waals surface area contributed by atoms with Crippen molar-refractivity contribution >= 4 is 11.2 Å². The highest BCUT2D eigenvalue weighted by molar-refractivity contribution is 5.68. The highest BCUT2D eigenvalue weighted by Crippen LogP contribution is 2.33. The Morgan fingerprint density at radius 2 is 1.96 bits per heavy atom. The summed E-state index contributed by atoms with van der Waals surface area (Å²) in [7, 11) is 0. The summed E-state index contributed by atoms with van der Waals surface area (Å²) in [6, 6.07) is 7.39. The first-order valence-electron chi connectivity index (χ1n) is 7.34. The Kier molecular flexibility index (Phi) is 3.45. The Bertz CT molecular complexity index is 1030. The maximum absolute atomic E-state index is 14.7. The second kappa shape index (κ2) is 5.65. The van der Waals surface area contributed by atoms with E-state index < -0.39 is 11.7 Å². The monoisotopic (exact) mass is 343 g/mol. The molecular weight excluding hydrogens is 332 g/mol. The minimum absolute atomic E-state index is 0.152. The number of alkyl halides is 2. The maximum Gasteiger partial charge on any atom is 0.331 e. The molecule has 0 saturated carbocycles. The van der Waals surface area contributed by atoms with Crippen LogP contribution in [0.3, 0.4) is 0 Å². The van der Waals surface area contributed by atoms with Gasteiger partial charge >= 0.3 is 5.92 Å². The SMILES string of the molecule is Cc1nonc1Cn1nnc2cnc(C(F)(F)c3ccccc3)nc21. The number of fused-ring (bicyclic) bond motifs is 1. The van der Waals surface area contributed by atoms with Gasteiger partial charge in [0.25, 0.3) is 0 Å². The quantitative estimate of drug-likeness (QED) is 0.560. The van der Waals surface area contributed by atoms with Gasteiger partial charge in [0.15, 0.2) is 11.2 Å². The second-order valence-corrected chi connectivity index (χ2v) is 5.39. The third-order valence-corrected chi connectivity index (χ3v) is 3.72. The summed E-state index contributed by atoms with van der Waals surface area (Å²) in [4.78, 5) is 7.75. The third kappa shape index (κ3) is 2.61. The molecule has 0 bridgehead atoms. The molecule has 0 aliphatic rings. The van der Waals surface area contributed by atoms with Crippen LogP contribution in [-0.2, 0) is 12.5 Å². The zero-order valence-corrected chi connectivity index (χ0v) is 13.0. The van der Waals surface area contributed by atoms with Crippen LogP contribution in [0.25, 0.3) is 11.2 Å². The maximum atomic E-state index is 14.7. The largest absolute Gasteiger partial charge is 0.331 e. The van der Waals surface area contributed by atoms with Crippen LogP contribution in [0, 0.1) is 6.92 Å². The smallest absolute Gasteiger partial charge is 0.244 e. The van der Waals surface area contributed by atoms with Crippen LogP contribution in [-0.4, -0.2) is 35.3 Å². The van der Waals surface area contributed by atoms with Gasteiger partial charge in [-0.25, -0.2) is 19.3 Å². The van der Waals surface area contributed by atoms with E-state index in [0.29, 0.717) is 16.9 Å². The molecule has 126 valence electrons. The van der Waals surface area contributed by atoms with Crippen LogP contribution in [0.15, 0.2) is 41.2 Å². The van der Waals surface area contributed by atoms with Crippen molar-refractivity contribution in [3.8, 4) is 0 Å². The van der Waals surface area contributed by atoms with Crippen LogP contribution in [0.4, 0.5) is 8.78 Å². The van der Waals surface area contributed by atoms with Gasteiger partial charge in [-0.3, -0.25) is 0 Å². The number of hydrogen-bond donors (Lipinski definition) is 0. The Morgan fingerprint density at radius 3 is 2.68 bits per heavy atom. The van der Waals surface area contributed by atoms with Crippen molar-refractivity contribution in [1.82, 2.24) is 35.3 Å². The second-order valence-electron chi connectivity index (χ2n) is 5.39. The number of aromatic nitrogens is 7. The van der Waals surface area contributed by atoms with E-state index in [2.05, 4.69) is 35.2 Å². The lowest BCUT2D eigenvalue weighted by Crippen LogP contribution is -2.19. The fourth-order valence-corrected chi connectivity index (χ4v) is 2.34. The molecule has 0 unspecified atom stereocenters. The minimum atomic E-state index is -3.34. The van der Waals surface area contributed by atoms with Gasteiger partial charge in [-0.15, -0.1) is 5.10 Å². The molecule has 4 rings (SSSR count). The van der Waals surface area contributed by atoms with Crippen LogP contribution in [0.1, 0.15) is 22.8 Å². The molecule has 0 N–H and O–H groups in total. The van der Waals surface area contributed by atoms with Gasteiger partial charge in [0.2, 0.25) is 5.82 Å². The summed E-state index contributed by atoms with van der Waals surface area (Å²) in [6.07, 6.45) is 1.23. The number of nitrogens with zero attached hydrogens (tertiary/aromatic N) is 7. The van der Waals surface area contributed by atoms with Gasteiger partial charge in [0, 0.05) is 5.56 Å². The summed E-state index contributed by atoms with van der Waals surface area (Å²) >= 11 is 0. The van der Waals surface area contributed by atoms with Crippen molar-refractivity contribution in [2.24, 2.45) is 0 Å². The lowest BCUT2D eigenvalue weighted by atomic mass is 10.1. The molecule has 0 atom stereocenters. The number of halogens is 2. The fourth-order valence-electron chi connectivity index (χ4n) is 2.34. The Morgan fingerprint density at radius 1 is 1.16 bits per heavy atom. The Labute approximate surface area is 139 Å². The van der Waals surface area contributed by atoms with E-state index in [9.17, 15) is 8.78 Å². The molecule has 0 aliphatic heterocycles. The number of benzene rings is 1. The molecule has 4 aromatic rings. The molecule has 1 aromatic carbocycles. The van der Waals surface area contributed by atoms with Gasteiger partial charge in [0.1, 0.15) is 11.4 Å². The van der Waals surface area contributed by atoms with Gasteiger partial charge < -0.3 is 0 Å². The van der Waals surface area contributed by atoms with Crippen LogP contribution in [0.5, 0.6) is 0 Å². The Hall–Kier alpha value is -3.30. The molecule has 3 heterocycles. The molecule has 0 aliphatic carbocycles. The first-order valence-corrected chi connectivity index (χ1v) is 7.34. The van der Waals surface area contributed by atoms with Gasteiger partial charge in [-0.2, -0.15) is 8.78 Å². The van der Waals surface area contributed by atoms with E-state index in [-0.39, 0.29) is 17.8 Å². The first kappa shape index (κ1) is 15.2. The molecule has 10 heteroatoms. The van der Waals surface area contributed by atoms with Gasteiger partial charge in [0.05, 0.1) is 12.7 Å². The van der Waals surface area contributed by atoms with Crippen molar-refractivity contribution in [3.05, 3.63) is 59.3 Å². The van der Waals surface area contributed by atoms with Gasteiger partial charge in [-0.05, 0) is 6.92 Å². The molecule has 0 spiro atoms. The van der Waals surface area contributed by atoms with Crippen molar-refractivity contribution < 1.29 is 13.4 Å². The highest BCUT2D eigenvalue weighted by atomic mass is 19.3. The highest BCUT2D eigenvalue weighted by Gasteiger charge is 2.37. The normalized spacial score (nSPS) is 12.0. The summed E-state index contributed by atoms with van der Waals surface area (Å²) < 4.78 is 35.3. The molecule has 8 nitrogen and oxygen atoms in total. The summed E-state index contributed by atoms with van der Waals surface area (Å²) in [5.74, 6) is -3.96. The van der Waals surface area contributed by atoms with Gasteiger partial charge in [-0.1, -0.05) is 45.9 Å². The molecule has 0 amide bonds. The third-order valence-electron chi connectivity index (χ3n) is 3.72. The summed E-state index contributed by atoms with van der Waals surface area (Å²) in [5, 5.41) is 15.2. The number of hydrogen-bond acceptors (Lipinski definition) is 7. The molecule has 3 aromatic heterocycles. The van der Waals surface area contributed by atoms with E-state index in [0.717, 1.165) is 0 Å². The average Bonchev–Trinajstić information content (AvgIpc) is 3.22. The summed E-state index contributed by atoms with van der Waals surface area (Å²) in [6.45, 7) is 1.87. The number of rotatable bonds is 4. The average molecular weight is 343 g/mol. The molecule has 25 heavy (non-hydrogen) atoms. The van der Waals surface area contributed by atoms with Crippen molar-refractivity contribution in [3.63, 3.8) is 0 Å². The van der Waals surface area contributed by atoms with Crippen LogP contribution < -0.4 is 0 Å². The van der Waals surface area contributed by atoms with E-state index in [1.165, 1.54) is 35.1 Å². The Balaban J connectivity index is 1.77. The van der Waals surface area contributed by atoms with Crippen molar-refractivity contribution in [2.45, 2.75) is 19.4 Å². The zero-order valence-electron chi connectivity index (χ0n) is 13.0. The molecule has 0 fully saturated rings. The van der Waals surface area contributed by atoms with E-state index in [4.69, 9.17) is 0 Å². The van der Waals surface area contributed by atoms with Crippen LogP contribution in [0.2, 0.25) is 0 Å². The minimum Gasteiger partial charge on any atom is -0.244 e. The molecular formula is C15H11F2N7O. The molecule has 0 radical (unpaired) electrons.